The van der Waals surface area contributed by atoms with Crippen LogP contribution in [0.15, 0.2) is 77.6 Å². The molecule has 0 bridgehead atoms. The molecule has 0 saturated carbocycles. The first-order valence-corrected chi connectivity index (χ1v) is 8.94. The van der Waals surface area contributed by atoms with Crippen molar-refractivity contribution < 1.29 is 14.1 Å². The SMILES string of the molecule is O=c1c2ccccc2nc(C[NH2+]Cc2ccc(F)cc2)n1-c1ccc(F)cc1. The largest absolute Gasteiger partial charge is 0.336 e. The summed E-state index contributed by atoms with van der Waals surface area (Å²) in [6.07, 6.45) is 0. The number of benzene rings is 3. The van der Waals surface area contributed by atoms with Gasteiger partial charge >= 0.3 is 0 Å². The van der Waals surface area contributed by atoms with E-state index in [0.717, 1.165) is 5.56 Å². The van der Waals surface area contributed by atoms with Crippen LogP contribution in [-0.4, -0.2) is 9.55 Å². The van der Waals surface area contributed by atoms with Crippen molar-refractivity contribution in [2.75, 3.05) is 0 Å². The Bertz CT molecular complexity index is 1170. The Morgan fingerprint density at radius 3 is 2.18 bits per heavy atom. The number of nitrogens with two attached hydrogens (primary N) is 1. The van der Waals surface area contributed by atoms with Crippen LogP contribution in [0.5, 0.6) is 0 Å². The van der Waals surface area contributed by atoms with Gasteiger partial charge in [-0.15, -0.1) is 0 Å². The molecule has 0 fully saturated rings. The van der Waals surface area contributed by atoms with Gasteiger partial charge in [0.25, 0.3) is 5.56 Å². The highest BCUT2D eigenvalue weighted by Crippen LogP contribution is 2.13. The second-order valence-corrected chi connectivity index (χ2v) is 6.49. The van der Waals surface area contributed by atoms with Crippen LogP contribution in [0.1, 0.15) is 11.4 Å². The van der Waals surface area contributed by atoms with Crippen molar-refractivity contribution in [3.05, 3.63) is 106 Å². The molecule has 0 amide bonds. The maximum Gasteiger partial charge on any atom is 0.266 e. The van der Waals surface area contributed by atoms with Gasteiger partial charge in [-0.25, -0.2) is 13.8 Å². The van der Waals surface area contributed by atoms with Crippen LogP contribution < -0.4 is 10.9 Å². The molecule has 4 rings (SSSR count). The fourth-order valence-electron chi connectivity index (χ4n) is 3.16. The lowest BCUT2D eigenvalue weighted by atomic mass is 10.2. The third-order valence-corrected chi connectivity index (χ3v) is 4.55. The normalized spacial score (nSPS) is 11.1. The van der Waals surface area contributed by atoms with Crippen molar-refractivity contribution in [1.82, 2.24) is 9.55 Å². The first-order chi connectivity index (χ1) is 13.6. The van der Waals surface area contributed by atoms with Gasteiger partial charge in [0.05, 0.1) is 16.6 Å². The van der Waals surface area contributed by atoms with E-state index in [0.29, 0.717) is 35.5 Å². The highest BCUT2D eigenvalue weighted by molar-refractivity contribution is 5.77. The van der Waals surface area contributed by atoms with E-state index in [-0.39, 0.29) is 17.2 Å². The predicted molar refractivity (Wildman–Crippen MR) is 103 cm³/mol. The van der Waals surface area contributed by atoms with Gasteiger partial charge in [-0.3, -0.25) is 9.36 Å². The molecule has 4 nitrogen and oxygen atoms in total. The summed E-state index contributed by atoms with van der Waals surface area (Å²) in [5.74, 6) is -0.0718. The van der Waals surface area contributed by atoms with E-state index in [9.17, 15) is 13.6 Å². The number of hydrogen-bond acceptors (Lipinski definition) is 2. The van der Waals surface area contributed by atoms with Crippen molar-refractivity contribution >= 4 is 10.9 Å². The average Bonchev–Trinajstić information content (AvgIpc) is 2.71. The fourth-order valence-corrected chi connectivity index (χ4v) is 3.16. The number of fused-ring (bicyclic) bond motifs is 1. The van der Waals surface area contributed by atoms with E-state index < -0.39 is 0 Å². The quantitative estimate of drug-likeness (QED) is 0.581. The summed E-state index contributed by atoms with van der Waals surface area (Å²) in [5.41, 5.74) is 1.96. The molecule has 0 atom stereocenters. The number of rotatable bonds is 5. The van der Waals surface area contributed by atoms with Crippen molar-refractivity contribution in [2.45, 2.75) is 13.1 Å². The van der Waals surface area contributed by atoms with Crippen LogP contribution in [0.25, 0.3) is 16.6 Å². The highest BCUT2D eigenvalue weighted by atomic mass is 19.1. The van der Waals surface area contributed by atoms with Gasteiger partial charge in [-0.1, -0.05) is 24.3 Å². The van der Waals surface area contributed by atoms with Crippen molar-refractivity contribution in [1.29, 1.82) is 0 Å². The van der Waals surface area contributed by atoms with E-state index in [1.54, 1.807) is 42.5 Å². The van der Waals surface area contributed by atoms with E-state index in [2.05, 4.69) is 4.98 Å². The van der Waals surface area contributed by atoms with Crippen LogP contribution in [0.4, 0.5) is 8.78 Å². The number of quaternary nitrogens is 1. The highest BCUT2D eigenvalue weighted by Gasteiger charge is 2.14. The summed E-state index contributed by atoms with van der Waals surface area (Å²) in [6, 6.07) is 19.2. The van der Waals surface area contributed by atoms with E-state index in [1.165, 1.54) is 28.8 Å². The molecular formula is C22H18F2N3O+. The summed E-state index contributed by atoms with van der Waals surface area (Å²) in [5, 5.41) is 2.50. The van der Waals surface area contributed by atoms with Gasteiger partial charge in [-0.2, -0.15) is 0 Å². The first-order valence-electron chi connectivity index (χ1n) is 8.94. The van der Waals surface area contributed by atoms with Crippen molar-refractivity contribution in [3.63, 3.8) is 0 Å². The topological polar surface area (TPSA) is 51.5 Å². The smallest absolute Gasteiger partial charge is 0.266 e. The molecule has 1 aromatic heterocycles. The molecule has 0 saturated heterocycles. The number of nitrogens with zero attached hydrogens (tertiary/aromatic N) is 2. The lowest BCUT2D eigenvalue weighted by Gasteiger charge is -2.13. The molecule has 0 radical (unpaired) electrons. The Balaban J connectivity index is 1.71. The molecule has 6 heteroatoms. The molecular weight excluding hydrogens is 360 g/mol. The molecule has 0 unspecified atom stereocenters. The predicted octanol–water partition coefficient (Wildman–Crippen LogP) is 2.93. The lowest BCUT2D eigenvalue weighted by molar-refractivity contribution is -0.687. The van der Waals surface area contributed by atoms with Gasteiger partial charge in [-0.05, 0) is 48.5 Å². The van der Waals surface area contributed by atoms with Crippen LogP contribution in [0.3, 0.4) is 0 Å². The number of aromatic nitrogens is 2. The molecule has 140 valence electrons. The summed E-state index contributed by atoms with van der Waals surface area (Å²) < 4.78 is 27.9. The third kappa shape index (κ3) is 3.68. The van der Waals surface area contributed by atoms with Crippen LogP contribution in [0.2, 0.25) is 0 Å². The van der Waals surface area contributed by atoms with Crippen molar-refractivity contribution in [2.24, 2.45) is 0 Å². The van der Waals surface area contributed by atoms with Gasteiger partial charge in [0.15, 0.2) is 5.82 Å². The van der Waals surface area contributed by atoms with E-state index >= 15 is 0 Å². The maximum atomic E-state index is 13.3. The molecule has 28 heavy (non-hydrogen) atoms. The second-order valence-electron chi connectivity index (χ2n) is 6.49. The lowest BCUT2D eigenvalue weighted by Crippen LogP contribution is -2.81. The minimum absolute atomic E-state index is 0.192. The Kier molecular flexibility index (Phi) is 4.95. The summed E-state index contributed by atoms with van der Waals surface area (Å²) in [7, 11) is 0. The summed E-state index contributed by atoms with van der Waals surface area (Å²) in [6.45, 7) is 1.06. The molecule has 0 spiro atoms. The molecule has 1 heterocycles. The minimum Gasteiger partial charge on any atom is -0.336 e. The van der Waals surface area contributed by atoms with Crippen LogP contribution in [0, 0.1) is 11.6 Å². The third-order valence-electron chi connectivity index (χ3n) is 4.55. The number of para-hydroxylation sites is 1. The average molecular weight is 378 g/mol. The zero-order valence-corrected chi connectivity index (χ0v) is 15.0. The zero-order valence-electron chi connectivity index (χ0n) is 15.0. The molecule has 0 aliphatic rings. The Morgan fingerprint density at radius 1 is 0.821 bits per heavy atom. The maximum absolute atomic E-state index is 13.3. The molecule has 3 aromatic carbocycles. The van der Waals surface area contributed by atoms with E-state index in [4.69, 9.17) is 0 Å². The van der Waals surface area contributed by atoms with Crippen LogP contribution >= 0.6 is 0 Å². The van der Waals surface area contributed by atoms with Crippen LogP contribution in [-0.2, 0) is 13.1 Å². The fraction of sp³-hybridized carbons (Fsp3) is 0.0909. The Labute approximate surface area is 160 Å². The molecule has 4 aromatic rings. The second kappa shape index (κ2) is 7.70. The van der Waals surface area contributed by atoms with Gasteiger partial charge in [0.2, 0.25) is 0 Å². The zero-order chi connectivity index (χ0) is 19.5. The monoisotopic (exact) mass is 378 g/mol. The summed E-state index contributed by atoms with van der Waals surface area (Å²) in [4.78, 5) is 17.7. The Hall–Kier alpha value is -3.38. The van der Waals surface area contributed by atoms with Crippen molar-refractivity contribution in [3.8, 4) is 5.69 Å². The standard InChI is InChI=1S/C22H17F2N3O/c23-16-7-5-15(6-8-16)13-25-14-21-26-20-4-2-1-3-19(20)22(28)27(21)18-11-9-17(24)10-12-18/h1-12,25H,13-14H2/p+1. The number of halogens is 2. The van der Waals surface area contributed by atoms with Gasteiger partial charge < -0.3 is 5.32 Å². The van der Waals surface area contributed by atoms with E-state index in [1.807, 2.05) is 11.4 Å². The number of hydrogen-bond donors (Lipinski definition) is 1. The Morgan fingerprint density at radius 2 is 1.46 bits per heavy atom. The summed E-state index contributed by atoms with van der Waals surface area (Å²) >= 11 is 0. The minimum atomic E-state index is -0.366. The molecule has 2 N–H and O–H groups in total. The van der Waals surface area contributed by atoms with Gasteiger partial charge in [0.1, 0.15) is 24.7 Å². The molecule has 0 aliphatic carbocycles. The van der Waals surface area contributed by atoms with Gasteiger partial charge in [0, 0.05) is 5.56 Å². The first kappa shape index (κ1) is 18.0. The molecule has 0 aliphatic heterocycles.